The molecule has 0 amide bonds. The summed E-state index contributed by atoms with van der Waals surface area (Å²) in [7, 11) is 1.61. The standard InChI is InChI=1S/C16H20N2O3/c1-12(2)10-17-8-9-18(16(20)15(17)19)11-13-4-6-14(21-3)7-5-13/h4-9,12H,10-11H2,1-3H3. The predicted octanol–water partition coefficient (Wildman–Crippen LogP) is 1.72. The van der Waals surface area contributed by atoms with Gasteiger partial charge in [0.1, 0.15) is 5.75 Å². The van der Waals surface area contributed by atoms with E-state index in [1.54, 1.807) is 19.5 Å². The minimum Gasteiger partial charge on any atom is -0.497 e. The minimum atomic E-state index is -0.492. The first kappa shape index (κ1) is 15.1. The fourth-order valence-electron chi connectivity index (χ4n) is 2.13. The summed E-state index contributed by atoms with van der Waals surface area (Å²) in [5, 5.41) is 0. The van der Waals surface area contributed by atoms with Gasteiger partial charge < -0.3 is 13.9 Å². The Kier molecular flexibility index (Phi) is 4.62. The molecule has 0 radical (unpaired) electrons. The Labute approximate surface area is 123 Å². The lowest BCUT2D eigenvalue weighted by Gasteiger charge is -2.11. The van der Waals surface area contributed by atoms with Crippen LogP contribution in [-0.4, -0.2) is 16.2 Å². The van der Waals surface area contributed by atoms with Crippen LogP contribution in [-0.2, 0) is 13.1 Å². The maximum absolute atomic E-state index is 12.1. The van der Waals surface area contributed by atoms with Crippen LogP contribution < -0.4 is 15.9 Å². The van der Waals surface area contributed by atoms with E-state index in [2.05, 4.69) is 0 Å². The normalized spacial score (nSPS) is 10.9. The second-order valence-electron chi connectivity index (χ2n) is 5.43. The average molecular weight is 288 g/mol. The topological polar surface area (TPSA) is 53.2 Å². The lowest BCUT2D eigenvalue weighted by atomic mass is 10.2. The van der Waals surface area contributed by atoms with E-state index in [1.165, 1.54) is 9.13 Å². The summed E-state index contributed by atoms with van der Waals surface area (Å²) >= 11 is 0. The number of nitrogens with zero attached hydrogens (tertiary/aromatic N) is 2. The Morgan fingerprint density at radius 3 is 2.14 bits per heavy atom. The van der Waals surface area contributed by atoms with Crippen LogP contribution in [0.2, 0.25) is 0 Å². The van der Waals surface area contributed by atoms with Gasteiger partial charge in [-0.1, -0.05) is 26.0 Å². The Morgan fingerprint density at radius 1 is 1.00 bits per heavy atom. The van der Waals surface area contributed by atoms with Gasteiger partial charge in [-0.05, 0) is 23.6 Å². The average Bonchev–Trinajstić information content (AvgIpc) is 2.47. The van der Waals surface area contributed by atoms with Gasteiger partial charge >= 0.3 is 11.1 Å². The summed E-state index contributed by atoms with van der Waals surface area (Å²) in [5.41, 5.74) is -0.0208. The number of methoxy groups -OCH3 is 1. The summed E-state index contributed by atoms with van der Waals surface area (Å²) in [6.07, 6.45) is 3.34. The molecular weight excluding hydrogens is 268 g/mol. The zero-order valence-corrected chi connectivity index (χ0v) is 12.6. The predicted molar refractivity (Wildman–Crippen MR) is 81.9 cm³/mol. The van der Waals surface area contributed by atoms with Gasteiger partial charge in [-0.25, -0.2) is 0 Å². The molecule has 2 aromatic rings. The van der Waals surface area contributed by atoms with Crippen molar-refractivity contribution in [3.05, 3.63) is 62.9 Å². The van der Waals surface area contributed by atoms with Gasteiger partial charge in [0.2, 0.25) is 0 Å². The van der Waals surface area contributed by atoms with Crippen LogP contribution in [0.1, 0.15) is 19.4 Å². The first-order valence-corrected chi connectivity index (χ1v) is 6.94. The molecule has 0 spiro atoms. The third kappa shape index (κ3) is 3.62. The number of hydrogen-bond acceptors (Lipinski definition) is 3. The summed E-state index contributed by atoms with van der Waals surface area (Å²) in [5.74, 6) is 1.08. The number of rotatable bonds is 5. The number of aromatic nitrogens is 2. The van der Waals surface area contributed by atoms with E-state index in [9.17, 15) is 9.59 Å². The van der Waals surface area contributed by atoms with Crippen molar-refractivity contribution in [2.24, 2.45) is 5.92 Å². The molecule has 112 valence electrons. The third-order valence-electron chi connectivity index (χ3n) is 3.21. The SMILES string of the molecule is COc1ccc(Cn2ccn(CC(C)C)c(=O)c2=O)cc1. The molecule has 5 heteroatoms. The summed E-state index contributed by atoms with van der Waals surface area (Å²) in [6.45, 7) is 4.95. The molecule has 0 saturated carbocycles. The van der Waals surface area contributed by atoms with E-state index >= 15 is 0 Å². The zero-order chi connectivity index (χ0) is 15.4. The van der Waals surface area contributed by atoms with E-state index in [0.717, 1.165) is 11.3 Å². The Balaban J connectivity index is 2.26. The highest BCUT2D eigenvalue weighted by molar-refractivity contribution is 5.27. The van der Waals surface area contributed by atoms with Gasteiger partial charge in [0.15, 0.2) is 0 Å². The molecule has 0 bridgehead atoms. The second-order valence-corrected chi connectivity index (χ2v) is 5.43. The fraction of sp³-hybridized carbons (Fsp3) is 0.375. The Hall–Kier alpha value is -2.30. The highest BCUT2D eigenvalue weighted by atomic mass is 16.5. The van der Waals surface area contributed by atoms with Crippen LogP contribution in [0.15, 0.2) is 46.2 Å². The molecule has 0 atom stereocenters. The van der Waals surface area contributed by atoms with E-state index in [-0.39, 0.29) is 0 Å². The molecule has 21 heavy (non-hydrogen) atoms. The molecule has 1 heterocycles. The molecule has 1 aromatic heterocycles. The van der Waals surface area contributed by atoms with Crippen molar-refractivity contribution < 1.29 is 4.74 Å². The van der Waals surface area contributed by atoms with Crippen molar-refractivity contribution >= 4 is 0 Å². The van der Waals surface area contributed by atoms with Gasteiger partial charge in [-0.15, -0.1) is 0 Å². The van der Waals surface area contributed by atoms with Crippen molar-refractivity contribution in [2.45, 2.75) is 26.9 Å². The fourth-order valence-corrected chi connectivity index (χ4v) is 2.13. The first-order valence-electron chi connectivity index (χ1n) is 6.94. The Bertz CT molecular complexity index is 712. The number of ether oxygens (including phenoxy) is 1. The molecule has 0 fully saturated rings. The van der Waals surface area contributed by atoms with Crippen molar-refractivity contribution in [1.82, 2.24) is 9.13 Å². The van der Waals surface area contributed by atoms with E-state index < -0.39 is 11.1 Å². The van der Waals surface area contributed by atoms with Crippen molar-refractivity contribution in [3.63, 3.8) is 0 Å². The highest BCUT2D eigenvalue weighted by Gasteiger charge is 2.07. The van der Waals surface area contributed by atoms with Crippen LogP contribution in [0.3, 0.4) is 0 Å². The molecule has 5 nitrogen and oxygen atoms in total. The molecule has 0 aliphatic carbocycles. The van der Waals surface area contributed by atoms with Crippen molar-refractivity contribution in [3.8, 4) is 5.75 Å². The van der Waals surface area contributed by atoms with Crippen molar-refractivity contribution in [2.75, 3.05) is 7.11 Å². The molecule has 0 aliphatic heterocycles. The van der Waals surface area contributed by atoms with Gasteiger partial charge in [-0.2, -0.15) is 0 Å². The van der Waals surface area contributed by atoms with Crippen LogP contribution in [0.5, 0.6) is 5.75 Å². The maximum Gasteiger partial charge on any atom is 0.316 e. The lowest BCUT2D eigenvalue weighted by molar-refractivity contribution is 0.414. The van der Waals surface area contributed by atoms with E-state index in [4.69, 9.17) is 4.74 Å². The lowest BCUT2D eigenvalue weighted by Crippen LogP contribution is -2.41. The minimum absolute atomic E-state index is 0.319. The molecule has 0 unspecified atom stereocenters. The smallest absolute Gasteiger partial charge is 0.316 e. The Morgan fingerprint density at radius 2 is 1.57 bits per heavy atom. The van der Waals surface area contributed by atoms with Crippen LogP contribution in [0.25, 0.3) is 0 Å². The van der Waals surface area contributed by atoms with Crippen LogP contribution >= 0.6 is 0 Å². The van der Waals surface area contributed by atoms with E-state index in [0.29, 0.717) is 19.0 Å². The monoisotopic (exact) mass is 288 g/mol. The summed E-state index contributed by atoms with van der Waals surface area (Å²) in [4.78, 5) is 24.1. The van der Waals surface area contributed by atoms with Gasteiger partial charge in [0, 0.05) is 18.9 Å². The molecule has 2 rings (SSSR count). The highest BCUT2D eigenvalue weighted by Crippen LogP contribution is 2.11. The second kappa shape index (κ2) is 6.43. The van der Waals surface area contributed by atoms with Gasteiger partial charge in [0.25, 0.3) is 0 Å². The molecule has 1 aromatic carbocycles. The van der Waals surface area contributed by atoms with Crippen LogP contribution in [0, 0.1) is 5.92 Å². The third-order valence-corrected chi connectivity index (χ3v) is 3.21. The largest absolute Gasteiger partial charge is 0.497 e. The van der Waals surface area contributed by atoms with Crippen LogP contribution in [0.4, 0.5) is 0 Å². The molecular formula is C16H20N2O3. The summed E-state index contributed by atoms with van der Waals surface area (Å²) in [6, 6.07) is 7.43. The molecule has 0 aliphatic rings. The zero-order valence-electron chi connectivity index (χ0n) is 12.6. The number of hydrogen-bond donors (Lipinski definition) is 0. The quantitative estimate of drug-likeness (QED) is 0.787. The van der Waals surface area contributed by atoms with E-state index in [1.807, 2.05) is 38.1 Å². The molecule has 0 N–H and O–H groups in total. The summed E-state index contributed by atoms with van der Waals surface area (Å²) < 4.78 is 7.99. The molecule has 0 saturated heterocycles. The maximum atomic E-state index is 12.1. The van der Waals surface area contributed by atoms with Gasteiger partial charge in [0.05, 0.1) is 13.7 Å². The number of benzene rings is 1. The first-order chi connectivity index (χ1) is 10.0. The van der Waals surface area contributed by atoms with Crippen molar-refractivity contribution in [1.29, 1.82) is 0 Å². The van der Waals surface area contributed by atoms with Gasteiger partial charge in [-0.3, -0.25) is 9.59 Å².